The molecule has 7 N–H and O–H groups in total. The first kappa shape index (κ1) is 40.9. The maximum absolute atomic E-state index is 13.8. The van der Waals surface area contributed by atoms with Crippen LogP contribution >= 0.6 is 12.4 Å². The topological polar surface area (TPSA) is 223 Å². The van der Waals surface area contributed by atoms with Crippen LogP contribution in [0, 0.1) is 18.8 Å². The number of aliphatic carboxylic acids is 1. The number of halogens is 1. The normalized spacial score (nSPS) is 16.8. The van der Waals surface area contributed by atoms with Crippen molar-refractivity contribution in [2.45, 2.75) is 84.7 Å². The number of carboxylic acid groups (broad SMARTS) is 1. The van der Waals surface area contributed by atoms with Crippen molar-refractivity contribution in [3.63, 3.8) is 0 Å². The number of benzene rings is 1. The number of aryl methyl sites for hydroxylation is 1. The van der Waals surface area contributed by atoms with E-state index >= 15 is 0 Å². The van der Waals surface area contributed by atoms with E-state index in [1.807, 2.05) is 0 Å². The highest BCUT2D eigenvalue weighted by atomic mass is 35.5. The molecule has 1 fully saturated rings. The number of likely N-dealkylation sites (N-methyl/N-ethyl adjacent to an activating group) is 2. The molecule has 1 aromatic carbocycles. The number of aromatic hydroxyl groups is 1. The minimum absolute atomic E-state index is 0. The third kappa shape index (κ3) is 9.70. The molecular formula is C31H49ClN6O9. The largest absolute Gasteiger partial charge is 0.505 e. The van der Waals surface area contributed by atoms with Crippen LogP contribution in [-0.4, -0.2) is 123 Å². The minimum Gasteiger partial charge on any atom is -0.505 e. The Morgan fingerprint density at radius 2 is 1.60 bits per heavy atom. The molecule has 1 aromatic rings. The lowest BCUT2D eigenvalue weighted by atomic mass is 10.0. The van der Waals surface area contributed by atoms with E-state index in [4.69, 9.17) is 5.73 Å². The number of nitrogens with one attached hydrogen (secondary N) is 2. The van der Waals surface area contributed by atoms with Crippen molar-refractivity contribution in [1.82, 2.24) is 25.3 Å². The summed E-state index contributed by atoms with van der Waals surface area (Å²) < 4.78 is 0. The zero-order valence-corrected chi connectivity index (χ0v) is 29.0. The number of likely N-dealkylation sites (tertiary alicyclic amines) is 1. The minimum atomic E-state index is -1.49. The number of carbonyl (C=O) groups excluding carboxylic acids is 5. The number of nitrogens with zero attached hydrogens (tertiary/aromatic N) is 3. The van der Waals surface area contributed by atoms with Gasteiger partial charge in [-0.25, -0.2) is 4.79 Å². The van der Waals surface area contributed by atoms with Gasteiger partial charge < -0.3 is 46.4 Å². The fourth-order valence-electron chi connectivity index (χ4n) is 5.46. The van der Waals surface area contributed by atoms with Gasteiger partial charge in [0.25, 0.3) is 5.91 Å². The molecule has 1 saturated heterocycles. The van der Waals surface area contributed by atoms with E-state index in [1.165, 1.54) is 38.1 Å². The first-order valence-corrected chi connectivity index (χ1v) is 15.2. The van der Waals surface area contributed by atoms with Crippen LogP contribution in [0.25, 0.3) is 0 Å². The molecule has 0 unspecified atom stereocenters. The summed E-state index contributed by atoms with van der Waals surface area (Å²) in [7, 11) is 2.77. The van der Waals surface area contributed by atoms with Gasteiger partial charge in [-0.1, -0.05) is 33.8 Å². The monoisotopic (exact) mass is 684 g/mol. The molecule has 2 rings (SSSR count). The van der Waals surface area contributed by atoms with Crippen LogP contribution in [0.3, 0.4) is 0 Å². The lowest BCUT2D eigenvalue weighted by molar-refractivity contribution is -0.153. The highest BCUT2D eigenvalue weighted by molar-refractivity contribution is 6.03. The molecule has 5 amide bonds. The first-order chi connectivity index (χ1) is 21.3. The van der Waals surface area contributed by atoms with Crippen LogP contribution in [0.4, 0.5) is 5.69 Å². The second-order valence-corrected chi connectivity index (χ2v) is 12.5. The number of amides is 5. The van der Waals surface area contributed by atoms with E-state index in [2.05, 4.69) is 10.6 Å². The van der Waals surface area contributed by atoms with Gasteiger partial charge in [-0.3, -0.25) is 24.0 Å². The average Bonchev–Trinajstić information content (AvgIpc) is 3.45. The Morgan fingerprint density at radius 3 is 2.11 bits per heavy atom. The van der Waals surface area contributed by atoms with E-state index in [9.17, 15) is 44.1 Å². The first-order valence-electron chi connectivity index (χ1n) is 15.2. The van der Waals surface area contributed by atoms with E-state index in [0.717, 1.165) is 9.80 Å². The van der Waals surface area contributed by atoms with Crippen LogP contribution in [0.15, 0.2) is 12.1 Å². The molecule has 264 valence electrons. The summed E-state index contributed by atoms with van der Waals surface area (Å²) in [4.78, 5) is 81.7. The zero-order valence-electron chi connectivity index (χ0n) is 28.1. The van der Waals surface area contributed by atoms with Gasteiger partial charge in [0.2, 0.25) is 23.6 Å². The molecule has 47 heavy (non-hydrogen) atoms. The van der Waals surface area contributed by atoms with Gasteiger partial charge in [0.05, 0.1) is 23.9 Å². The number of aliphatic hydroxyl groups excluding tert-OH is 1. The van der Waals surface area contributed by atoms with Crippen LogP contribution in [-0.2, 0) is 24.0 Å². The molecule has 16 heteroatoms. The van der Waals surface area contributed by atoms with Crippen LogP contribution in [0.5, 0.6) is 5.75 Å². The Bertz CT molecular complexity index is 1340. The van der Waals surface area contributed by atoms with E-state index in [-0.39, 0.29) is 41.9 Å². The number of hydrogen-bond donors (Lipinski definition) is 6. The quantitative estimate of drug-likeness (QED) is 0.123. The highest BCUT2D eigenvalue weighted by Crippen LogP contribution is 2.28. The van der Waals surface area contributed by atoms with Gasteiger partial charge in [-0.15, -0.1) is 12.4 Å². The second-order valence-electron chi connectivity index (χ2n) is 12.5. The second kappa shape index (κ2) is 17.2. The molecule has 0 saturated carbocycles. The summed E-state index contributed by atoms with van der Waals surface area (Å²) >= 11 is 0. The van der Waals surface area contributed by atoms with Crippen molar-refractivity contribution in [1.29, 1.82) is 0 Å². The van der Waals surface area contributed by atoms with Crippen molar-refractivity contribution in [3.05, 3.63) is 23.3 Å². The molecule has 15 nitrogen and oxygen atoms in total. The SMILES string of the molecule is Cc1ccc(C(=O)N[C@H](C(=O)N[C@@H](C(=O)N2CCC[C@H]2C(=O)N(C)CC(=O)N(C)[C@H](C(=O)O)C(C)C)C(C)C)[C@@H](C)O)c(N)c1O.Cl. The molecule has 5 atom stereocenters. The molecule has 0 spiro atoms. The summed E-state index contributed by atoms with van der Waals surface area (Å²) in [6, 6.07) is -1.77. The number of rotatable bonds is 13. The smallest absolute Gasteiger partial charge is 0.326 e. The summed E-state index contributed by atoms with van der Waals surface area (Å²) in [5.74, 6) is -5.58. The van der Waals surface area contributed by atoms with E-state index in [0.29, 0.717) is 18.4 Å². The maximum atomic E-state index is 13.8. The van der Waals surface area contributed by atoms with Crippen LogP contribution in [0.1, 0.15) is 63.4 Å². The average molecular weight is 685 g/mol. The zero-order chi connectivity index (χ0) is 35.2. The Labute approximate surface area is 281 Å². The standard InChI is InChI=1S/C31H48N6O9.ClH/c1-15(2)23(33-28(42)24(18(6)38)34-27(41)19-12-11-17(5)26(40)22(19)32)30(44)37-13-9-10-20(37)29(43)35(7)14-21(39)36(8)25(16(3)4)31(45)46;/h11-12,15-16,18,20,23-25,38,40H,9-10,13-14,32H2,1-8H3,(H,33,42)(H,34,41)(H,45,46);1H/t18-,20+,23-,24+,25+;/m1./s1. The number of phenolic OH excluding ortho intramolecular Hbond substituents is 1. The van der Waals surface area contributed by atoms with E-state index < -0.39 is 78.2 Å². The van der Waals surface area contributed by atoms with Crippen molar-refractivity contribution in [2.75, 3.05) is 32.9 Å². The van der Waals surface area contributed by atoms with Gasteiger partial charge >= 0.3 is 5.97 Å². The molecule has 0 aliphatic carbocycles. The fraction of sp³-hybridized carbons (Fsp3) is 0.613. The predicted octanol–water partition coefficient (Wildman–Crippen LogP) is 0.342. The van der Waals surface area contributed by atoms with Gasteiger partial charge in [0, 0.05) is 20.6 Å². The lowest BCUT2D eigenvalue weighted by Gasteiger charge is -2.34. The Morgan fingerprint density at radius 1 is 1.00 bits per heavy atom. The predicted molar refractivity (Wildman–Crippen MR) is 176 cm³/mol. The molecule has 0 aromatic heterocycles. The molecular weight excluding hydrogens is 636 g/mol. The van der Waals surface area contributed by atoms with Crippen molar-refractivity contribution in [2.24, 2.45) is 11.8 Å². The number of nitrogens with two attached hydrogens (primary N) is 1. The van der Waals surface area contributed by atoms with Crippen LogP contribution in [0.2, 0.25) is 0 Å². The number of aliphatic hydroxyl groups is 1. The lowest BCUT2D eigenvalue weighted by Crippen LogP contribution is -2.60. The van der Waals surface area contributed by atoms with Gasteiger partial charge in [-0.2, -0.15) is 0 Å². The van der Waals surface area contributed by atoms with Gasteiger partial charge in [0.1, 0.15) is 29.9 Å². The van der Waals surface area contributed by atoms with Crippen molar-refractivity contribution >= 4 is 53.6 Å². The molecule has 1 aliphatic heterocycles. The Kier molecular flexibility index (Phi) is 14.9. The van der Waals surface area contributed by atoms with Crippen molar-refractivity contribution in [3.8, 4) is 5.75 Å². The third-order valence-corrected chi connectivity index (χ3v) is 8.21. The molecule has 0 bridgehead atoms. The molecule has 1 heterocycles. The summed E-state index contributed by atoms with van der Waals surface area (Å²) in [6.45, 7) is 9.44. The summed E-state index contributed by atoms with van der Waals surface area (Å²) in [5.41, 5.74) is 6.03. The van der Waals surface area contributed by atoms with E-state index in [1.54, 1.807) is 34.6 Å². The Hall–Kier alpha value is -4.11. The van der Waals surface area contributed by atoms with Crippen LogP contribution < -0.4 is 16.4 Å². The van der Waals surface area contributed by atoms with Gasteiger partial charge in [0.15, 0.2) is 0 Å². The summed E-state index contributed by atoms with van der Waals surface area (Å²) in [5, 5.41) is 35.0. The number of carbonyl (C=O) groups is 6. The maximum Gasteiger partial charge on any atom is 0.326 e. The number of phenols is 1. The number of carboxylic acids is 1. The van der Waals surface area contributed by atoms with Gasteiger partial charge in [-0.05, 0) is 50.2 Å². The number of nitrogen functional groups attached to an aromatic ring is 1. The fourth-order valence-corrected chi connectivity index (χ4v) is 5.46. The molecule has 1 aliphatic rings. The highest BCUT2D eigenvalue weighted by Gasteiger charge is 2.41. The Balaban J connectivity index is 0.0000110. The summed E-state index contributed by atoms with van der Waals surface area (Å²) in [6.07, 6.45) is -0.568. The number of hydrogen-bond acceptors (Lipinski definition) is 9. The van der Waals surface area contributed by atoms with Crippen molar-refractivity contribution < 1.29 is 44.1 Å². The molecule has 0 radical (unpaired) electrons. The third-order valence-electron chi connectivity index (χ3n) is 8.21. The number of anilines is 1.